The molecule has 0 bridgehead atoms. The zero-order valence-electron chi connectivity index (χ0n) is 35.9. The van der Waals surface area contributed by atoms with Crippen molar-refractivity contribution in [3.63, 3.8) is 0 Å². The monoisotopic (exact) mass is 830 g/mol. The molecule has 330 valence electrons. The van der Waals surface area contributed by atoms with Crippen LogP contribution in [0.2, 0.25) is 0 Å². The van der Waals surface area contributed by atoms with Crippen LogP contribution in [-0.2, 0) is 4.79 Å². The van der Waals surface area contributed by atoms with Gasteiger partial charge in [-0.25, -0.2) is 14.4 Å². The van der Waals surface area contributed by atoms with E-state index >= 15 is 0 Å². The van der Waals surface area contributed by atoms with Gasteiger partial charge in [0.1, 0.15) is 0 Å². The van der Waals surface area contributed by atoms with E-state index in [1.807, 2.05) is 0 Å². The number of carbonyl (C=O) groups is 4. The molecule has 3 rings (SSSR count). The Balaban J connectivity index is 0.000000774. The van der Waals surface area contributed by atoms with Crippen molar-refractivity contribution in [2.24, 2.45) is 0 Å². The van der Waals surface area contributed by atoms with Crippen LogP contribution < -0.4 is 28.4 Å². The molecule has 0 unspecified atom stereocenters. The molecule has 0 saturated carbocycles. The van der Waals surface area contributed by atoms with Crippen molar-refractivity contribution >= 4 is 23.9 Å². The molecule has 0 amide bonds. The van der Waals surface area contributed by atoms with Crippen molar-refractivity contribution in [1.29, 1.82) is 0 Å². The van der Waals surface area contributed by atoms with E-state index in [4.69, 9.17) is 48.8 Å². The van der Waals surface area contributed by atoms with Crippen LogP contribution in [0.3, 0.4) is 0 Å². The lowest BCUT2D eigenvalue weighted by Crippen LogP contribution is -1.98. The number of unbranched alkanes of at least 4 members (excludes halogenated alkanes) is 14. The summed E-state index contributed by atoms with van der Waals surface area (Å²) >= 11 is 0. The smallest absolute Gasteiger partial charge is 0.335 e. The third-order valence-electron chi connectivity index (χ3n) is 8.89. The number of benzene rings is 3. The summed E-state index contributed by atoms with van der Waals surface area (Å²) in [6, 6.07) is 13.3. The van der Waals surface area contributed by atoms with Crippen LogP contribution in [0.5, 0.6) is 34.5 Å². The highest BCUT2D eigenvalue weighted by Gasteiger charge is 2.10. The molecule has 0 fully saturated rings. The Morgan fingerprint density at radius 3 is 0.814 bits per heavy atom. The van der Waals surface area contributed by atoms with Crippen molar-refractivity contribution in [2.75, 3.05) is 42.7 Å². The summed E-state index contributed by atoms with van der Waals surface area (Å²) in [6.07, 6.45) is 20.2. The SMILES string of the molecule is CCCCCCCCCCCCCCCCCC(=O)O.COc1ccc(C(=O)O)cc1OC.COc1ccc(C(=O)O)cc1OC.COc1ccc(C(=O)O)cc1OC. The van der Waals surface area contributed by atoms with Crippen molar-refractivity contribution < 1.29 is 68.0 Å². The molecule has 3 aromatic rings. The van der Waals surface area contributed by atoms with Gasteiger partial charge < -0.3 is 48.8 Å². The average Bonchev–Trinajstić information content (AvgIpc) is 3.24. The number of hydrogen-bond donors (Lipinski definition) is 4. The van der Waals surface area contributed by atoms with Gasteiger partial charge in [-0.05, 0) is 61.0 Å². The van der Waals surface area contributed by atoms with E-state index in [0.717, 1.165) is 12.8 Å². The summed E-state index contributed by atoms with van der Waals surface area (Å²) in [5.41, 5.74) is 0.535. The second kappa shape index (κ2) is 33.3. The number of aliphatic carboxylic acids is 1. The summed E-state index contributed by atoms with van der Waals surface area (Å²) < 4.78 is 29.7. The zero-order chi connectivity index (χ0) is 44.4. The van der Waals surface area contributed by atoms with Crippen molar-refractivity contribution in [3.05, 3.63) is 71.3 Å². The molecule has 3 aromatic carbocycles. The number of hydrogen-bond acceptors (Lipinski definition) is 10. The molecule has 0 heterocycles. The number of aromatic carboxylic acids is 3. The number of ether oxygens (including phenoxy) is 6. The zero-order valence-corrected chi connectivity index (χ0v) is 35.9. The van der Waals surface area contributed by atoms with Crippen LogP contribution in [-0.4, -0.2) is 87.0 Å². The third kappa shape index (κ3) is 24.0. The fourth-order valence-electron chi connectivity index (χ4n) is 5.56. The van der Waals surface area contributed by atoms with Gasteiger partial charge in [-0.15, -0.1) is 0 Å². The van der Waals surface area contributed by atoms with E-state index in [-0.39, 0.29) is 16.7 Å². The molecule has 0 aromatic heterocycles. The van der Waals surface area contributed by atoms with E-state index in [2.05, 4.69) is 6.92 Å². The predicted molar refractivity (Wildman–Crippen MR) is 227 cm³/mol. The van der Waals surface area contributed by atoms with Gasteiger partial charge in [0.25, 0.3) is 0 Å². The highest BCUT2D eigenvalue weighted by molar-refractivity contribution is 5.89. The molecule has 14 heteroatoms. The van der Waals surface area contributed by atoms with Gasteiger partial charge in [0.15, 0.2) is 34.5 Å². The molecule has 0 aliphatic rings. The molecule has 0 radical (unpaired) electrons. The maximum atomic E-state index is 10.6. The second-order valence-corrected chi connectivity index (χ2v) is 13.2. The number of rotatable bonds is 25. The minimum Gasteiger partial charge on any atom is -0.493 e. The van der Waals surface area contributed by atoms with Crippen LogP contribution in [0.15, 0.2) is 54.6 Å². The summed E-state index contributed by atoms with van der Waals surface area (Å²) in [4.78, 5) is 42.1. The first kappa shape index (κ1) is 53.3. The van der Waals surface area contributed by atoms with Crippen LogP contribution in [0.25, 0.3) is 0 Å². The van der Waals surface area contributed by atoms with Gasteiger partial charge >= 0.3 is 23.9 Å². The summed E-state index contributed by atoms with van der Waals surface area (Å²) in [5.74, 6) is -0.790. The minimum absolute atomic E-state index is 0.178. The largest absolute Gasteiger partial charge is 0.493 e. The van der Waals surface area contributed by atoms with E-state index < -0.39 is 23.9 Å². The lowest BCUT2D eigenvalue weighted by molar-refractivity contribution is -0.137. The first-order chi connectivity index (χ1) is 28.3. The van der Waals surface area contributed by atoms with Gasteiger partial charge in [-0.1, -0.05) is 96.8 Å². The van der Waals surface area contributed by atoms with Crippen molar-refractivity contribution in [2.45, 2.75) is 110 Å². The maximum Gasteiger partial charge on any atom is 0.335 e. The Labute approximate surface area is 349 Å². The normalized spacial score (nSPS) is 9.88. The van der Waals surface area contributed by atoms with Gasteiger partial charge in [0.05, 0.1) is 59.3 Å². The highest BCUT2D eigenvalue weighted by atomic mass is 16.5. The van der Waals surface area contributed by atoms with Gasteiger partial charge in [0.2, 0.25) is 0 Å². The standard InChI is InChI=1S/C18H36O2.3C9H10O4/c1-2-3-4-5-6-7-8-9-10-11-12-13-14-15-16-17-18(19)20;3*1-12-7-4-3-6(9(10)11)5-8(7)13-2/h2-17H2,1H3,(H,19,20);3*3-5H,1-2H3,(H,10,11). The van der Waals surface area contributed by atoms with E-state index in [1.54, 1.807) is 18.2 Å². The molecule has 0 aliphatic heterocycles. The maximum absolute atomic E-state index is 10.6. The van der Waals surface area contributed by atoms with Gasteiger partial charge in [-0.2, -0.15) is 0 Å². The van der Waals surface area contributed by atoms with E-state index in [1.165, 1.54) is 163 Å². The molecule has 0 spiro atoms. The first-order valence-corrected chi connectivity index (χ1v) is 19.9. The molecule has 0 saturated heterocycles. The Bertz CT molecular complexity index is 1480. The number of methoxy groups -OCH3 is 6. The first-order valence-electron chi connectivity index (χ1n) is 19.9. The Kier molecular flexibility index (Phi) is 30.1. The summed E-state index contributed by atoms with van der Waals surface area (Å²) in [5, 5.41) is 34.5. The van der Waals surface area contributed by atoms with Crippen molar-refractivity contribution in [1.82, 2.24) is 0 Å². The van der Waals surface area contributed by atoms with Gasteiger partial charge in [-0.3, -0.25) is 4.79 Å². The molecule has 4 N–H and O–H groups in total. The fraction of sp³-hybridized carbons (Fsp3) is 0.511. The molecular formula is C45H66O14. The molecule has 0 aliphatic carbocycles. The van der Waals surface area contributed by atoms with Crippen molar-refractivity contribution in [3.8, 4) is 34.5 Å². The Morgan fingerprint density at radius 1 is 0.373 bits per heavy atom. The molecule has 59 heavy (non-hydrogen) atoms. The van der Waals surface area contributed by atoms with Crippen LogP contribution >= 0.6 is 0 Å². The fourth-order valence-corrected chi connectivity index (χ4v) is 5.56. The van der Waals surface area contributed by atoms with Crippen LogP contribution in [0.1, 0.15) is 141 Å². The summed E-state index contributed by atoms with van der Waals surface area (Å²) in [6.45, 7) is 2.27. The minimum atomic E-state index is -0.985. The molecule has 14 nitrogen and oxygen atoms in total. The number of carboxylic acid groups (broad SMARTS) is 4. The van der Waals surface area contributed by atoms with Crippen LogP contribution in [0, 0.1) is 0 Å². The predicted octanol–water partition coefficient (Wildman–Crippen LogP) is 10.5. The van der Waals surface area contributed by atoms with Crippen LogP contribution in [0.4, 0.5) is 0 Å². The molecular weight excluding hydrogens is 764 g/mol. The quantitative estimate of drug-likeness (QED) is 0.0587. The number of carboxylic acids is 4. The second-order valence-electron chi connectivity index (χ2n) is 13.2. The lowest BCUT2D eigenvalue weighted by atomic mass is 10.0. The Morgan fingerprint density at radius 2 is 0.610 bits per heavy atom. The lowest BCUT2D eigenvalue weighted by Gasteiger charge is -2.07. The van der Waals surface area contributed by atoms with Gasteiger partial charge in [0, 0.05) is 6.42 Å². The topological polar surface area (TPSA) is 205 Å². The third-order valence-corrected chi connectivity index (χ3v) is 8.89. The summed E-state index contributed by atoms with van der Waals surface area (Å²) in [7, 11) is 8.88. The molecule has 0 atom stereocenters. The highest BCUT2D eigenvalue weighted by Crippen LogP contribution is 2.29. The van der Waals surface area contributed by atoms with E-state index in [9.17, 15) is 19.2 Å². The van der Waals surface area contributed by atoms with E-state index in [0.29, 0.717) is 40.9 Å². The average molecular weight is 831 g/mol. The Hall–Kier alpha value is -5.66.